The number of hydrogen-bond donors (Lipinski definition) is 1. The van der Waals surface area contributed by atoms with E-state index in [0.29, 0.717) is 17.2 Å². The minimum absolute atomic E-state index is 0.470. The van der Waals surface area contributed by atoms with Gasteiger partial charge in [-0.15, -0.1) is 11.8 Å². The molecule has 1 N–H and O–H groups in total. The molecule has 1 rings (SSSR count). The summed E-state index contributed by atoms with van der Waals surface area (Å²) in [6.07, 6.45) is 6.64. The second-order valence-corrected chi connectivity index (χ2v) is 6.41. The normalized spacial score (nSPS) is 23.9. The minimum atomic E-state index is 0.470. The quantitative estimate of drug-likeness (QED) is 0.724. The first-order valence-corrected chi connectivity index (χ1v) is 7.50. The van der Waals surface area contributed by atoms with E-state index in [4.69, 9.17) is 5.26 Å². The highest BCUT2D eigenvalue weighted by atomic mass is 32.2. The van der Waals surface area contributed by atoms with Gasteiger partial charge < -0.3 is 5.32 Å². The molecule has 0 bridgehead atoms. The Balaban J connectivity index is 2.10. The molecule has 1 saturated carbocycles. The number of nitrogens with zero attached hydrogens (tertiary/aromatic N) is 1. The van der Waals surface area contributed by atoms with Crippen molar-refractivity contribution >= 4 is 11.8 Å². The van der Waals surface area contributed by atoms with Gasteiger partial charge in [0.15, 0.2) is 0 Å². The monoisotopic (exact) mass is 240 g/mol. The SMILES string of the molecule is CC1(C)CCCC[C@H]1NCCCSCC#N. The van der Waals surface area contributed by atoms with Crippen LogP contribution in [0.15, 0.2) is 0 Å². The van der Waals surface area contributed by atoms with Gasteiger partial charge in [0.25, 0.3) is 0 Å². The molecule has 0 unspecified atom stereocenters. The molecule has 16 heavy (non-hydrogen) atoms. The molecule has 1 fully saturated rings. The van der Waals surface area contributed by atoms with E-state index in [-0.39, 0.29) is 0 Å². The summed E-state index contributed by atoms with van der Waals surface area (Å²) in [6, 6.07) is 2.86. The van der Waals surface area contributed by atoms with Gasteiger partial charge in [-0.1, -0.05) is 26.7 Å². The van der Waals surface area contributed by atoms with Gasteiger partial charge in [0.1, 0.15) is 0 Å². The Kier molecular flexibility index (Phi) is 6.23. The maximum atomic E-state index is 8.41. The number of hydrogen-bond acceptors (Lipinski definition) is 3. The van der Waals surface area contributed by atoms with Gasteiger partial charge in [-0.25, -0.2) is 0 Å². The third-order valence-corrected chi connectivity index (χ3v) is 4.44. The van der Waals surface area contributed by atoms with Crippen molar-refractivity contribution in [2.45, 2.75) is 52.0 Å². The Labute approximate surface area is 104 Å². The molecule has 1 atom stereocenters. The Morgan fingerprint density at radius 1 is 1.44 bits per heavy atom. The lowest BCUT2D eigenvalue weighted by Crippen LogP contribution is -2.44. The molecule has 0 aromatic heterocycles. The zero-order valence-electron chi connectivity index (χ0n) is 10.6. The van der Waals surface area contributed by atoms with E-state index in [1.165, 1.54) is 32.1 Å². The molecule has 0 radical (unpaired) electrons. The molecular formula is C13H24N2S. The van der Waals surface area contributed by atoms with Gasteiger partial charge in [-0.05, 0) is 37.0 Å². The van der Waals surface area contributed by atoms with E-state index in [2.05, 4.69) is 25.2 Å². The molecule has 2 nitrogen and oxygen atoms in total. The van der Waals surface area contributed by atoms with Crippen molar-refractivity contribution in [2.24, 2.45) is 5.41 Å². The first kappa shape index (κ1) is 13.9. The lowest BCUT2D eigenvalue weighted by molar-refractivity contribution is 0.168. The fraction of sp³-hybridized carbons (Fsp3) is 0.923. The average molecular weight is 240 g/mol. The minimum Gasteiger partial charge on any atom is -0.313 e. The predicted octanol–water partition coefficient (Wildman–Crippen LogP) is 3.19. The summed E-state index contributed by atoms with van der Waals surface area (Å²) in [5.41, 5.74) is 0.470. The van der Waals surface area contributed by atoms with E-state index in [1.54, 1.807) is 11.8 Å². The largest absolute Gasteiger partial charge is 0.313 e. The van der Waals surface area contributed by atoms with Crippen LogP contribution in [0.3, 0.4) is 0 Å². The van der Waals surface area contributed by atoms with Crippen LogP contribution in [0.4, 0.5) is 0 Å². The first-order valence-electron chi connectivity index (χ1n) is 6.35. The third-order valence-electron chi connectivity index (χ3n) is 3.53. The molecule has 3 heteroatoms. The van der Waals surface area contributed by atoms with Crippen molar-refractivity contribution in [2.75, 3.05) is 18.1 Å². The van der Waals surface area contributed by atoms with Gasteiger partial charge in [-0.2, -0.15) is 5.26 Å². The second kappa shape index (κ2) is 7.19. The van der Waals surface area contributed by atoms with E-state index in [9.17, 15) is 0 Å². The number of nitriles is 1. The molecule has 0 aromatic carbocycles. The lowest BCUT2D eigenvalue weighted by Gasteiger charge is -2.39. The summed E-state index contributed by atoms with van der Waals surface area (Å²) in [5, 5.41) is 12.1. The highest BCUT2D eigenvalue weighted by Gasteiger charge is 2.31. The summed E-state index contributed by atoms with van der Waals surface area (Å²) < 4.78 is 0. The van der Waals surface area contributed by atoms with Crippen LogP contribution in [0.25, 0.3) is 0 Å². The van der Waals surface area contributed by atoms with Crippen LogP contribution in [0, 0.1) is 16.7 Å². The molecular weight excluding hydrogens is 216 g/mol. The number of thioether (sulfide) groups is 1. The van der Waals surface area contributed by atoms with Gasteiger partial charge in [0.2, 0.25) is 0 Å². The van der Waals surface area contributed by atoms with Gasteiger partial charge >= 0.3 is 0 Å². The van der Waals surface area contributed by atoms with Crippen LogP contribution < -0.4 is 5.32 Å². The lowest BCUT2D eigenvalue weighted by atomic mass is 9.73. The zero-order valence-corrected chi connectivity index (χ0v) is 11.4. The van der Waals surface area contributed by atoms with E-state index < -0.39 is 0 Å². The van der Waals surface area contributed by atoms with Crippen molar-refractivity contribution in [1.29, 1.82) is 5.26 Å². The Bertz CT molecular complexity index is 233. The molecule has 0 saturated heterocycles. The van der Waals surface area contributed by atoms with E-state index in [0.717, 1.165) is 12.3 Å². The molecule has 0 amide bonds. The maximum Gasteiger partial charge on any atom is 0.0808 e. The molecule has 1 aliphatic rings. The second-order valence-electron chi connectivity index (χ2n) is 5.31. The molecule has 1 aliphatic carbocycles. The summed E-state index contributed by atoms with van der Waals surface area (Å²) in [7, 11) is 0. The van der Waals surface area contributed by atoms with Crippen molar-refractivity contribution in [3.63, 3.8) is 0 Å². The Morgan fingerprint density at radius 3 is 2.94 bits per heavy atom. The van der Waals surface area contributed by atoms with Crippen molar-refractivity contribution in [1.82, 2.24) is 5.32 Å². The average Bonchev–Trinajstić information content (AvgIpc) is 2.25. The topological polar surface area (TPSA) is 35.8 Å². The molecule has 0 heterocycles. The van der Waals surface area contributed by atoms with E-state index >= 15 is 0 Å². The van der Waals surface area contributed by atoms with Crippen LogP contribution in [-0.2, 0) is 0 Å². The van der Waals surface area contributed by atoms with Gasteiger partial charge in [-0.3, -0.25) is 0 Å². The fourth-order valence-electron chi connectivity index (χ4n) is 2.44. The number of nitrogens with one attached hydrogen (secondary N) is 1. The van der Waals surface area contributed by atoms with Gasteiger partial charge in [0, 0.05) is 6.04 Å². The van der Waals surface area contributed by atoms with E-state index in [1.807, 2.05) is 0 Å². The molecule has 0 spiro atoms. The molecule has 0 aliphatic heterocycles. The summed E-state index contributed by atoms with van der Waals surface area (Å²) >= 11 is 1.74. The number of rotatable bonds is 6. The van der Waals surface area contributed by atoms with Crippen LogP contribution in [0.1, 0.15) is 46.0 Å². The standard InChI is InChI=1S/C13H24N2S/c1-13(2)7-4-3-6-12(13)15-9-5-10-16-11-8-14/h12,15H,3-7,9-11H2,1-2H3/t12-/m1/s1. The highest BCUT2D eigenvalue weighted by molar-refractivity contribution is 7.99. The molecule has 92 valence electrons. The first-order chi connectivity index (χ1) is 7.67. The fourth-order valence-corrected chi connectivity index (χ4v) is 3.02. The zero-order chi connectivity index (χ0) is 11.9. The highest BCUT2D eigenvalue weighted by Crippen LogP contribution is 2.35. The van der Waals surface area contributed by atoms with Crippen LogP contribution >= 0.6 is 11.8 Å². The maximum absolute atomic E-state index is 8.41. The summed E-state index contributed by atoms with van der Waals surface area (Å²) in [6.45, 7) is 5.87. The Hall–Kier alpha value is -0.200. The van der Waals surface area contributed by atoms with Crippen LogP contribution in [-0.4, -0.2) is 24.1 Å². The third kappa shape index (κ3) is 4.76. The molecule has 0 aromatic rings. The van der Waals surface area contributed by atoms with Crippen molar-refractivity contribution < 1.29 is 0 Å². The van der Waals surface area contributed by atoms with Crippen LogP contribution in [0.2, 0.25) is 0 Å². The van der Waals surface area contributed by atoms with Crippen molar-refractivity contribution in [3.8, 4) is 6.07 Å². The Morgan fingerprint density at radius 2 is 2.25 bits per heavy atom. The predicted molar refractivity (Wildman–Crippen MR) is 71.6 cm³/mol. The van der Waals surface area contributed by atoms with Crippen molar-refractivity contribution in [3.05, 3.63) is 0 Å². The smallest absolute Gasteiger partial charge is 0.0808 e. The summed E-state index contributed by atoms with van der Waals surface area (Å²) in [5.74, 6) is 1.74. The van der Waals surface area contributed by atoms with Gasteiger partial charge in [0.05, 0.1) is 11.8 Å². The van der Waals surface area contributed by atoms with Crippen LogP contribution in [0.5, 0.6) is 0 Å². The summed E-state index contributed by atoms with van der Waals surface area (Å²) in [4.78, 5) is 0.